The molecule has 1 fully saturated rings. The van der Waals surface area contributed by atoms with E-state index in [4.69, 9.17) is 5.11 Å². The van der Waals surface area contributed by atoms with E-state index in [1.54, 1.807) is 24.3 Å². The fourth-order valence-electron chi connectivity index (χ4n) is 1.78. The molecule has 94 valence electrons. The van der Waals surface area contributed by atoms with Gasteiger partial charge in [-0.2, -0.15) is 4.31 Å². The second kappa shape index (κ2) is 5.03. The summed E-state index contributed by atoms with van der Waals surface area (Å²) >= 11 is 0. The van der Waals surface area contributed by atoms with Crippen molar-refractivity contribution in [2.45, 2.75) is 6.54 Å². The molecule has 0 aliphatic carbocycles. The molecule has 0 spiro atoms. The van der Waals surface area contributed by atoms with Crippen molar-refractivity contribution in [1.29, 1.82) is 0 Å². The lowest BCUT2D eigenvalue weighted by Crippen LogP contribution is -2.33. The lowest BCUT2D eigenvalue weighted by molar-refractivity contribution is 0.414. The summed E-state index contributed by atoms with van der Waals surface area (Å²) < 4.78 is 25.3. The number of rotatable bonds is 2. The molecule has 1 aliphatic heterocycles. The predicted molar refractivity (Wildman–Crippen MR) is 65.2 cm³/mol. The second-order valence-corrected chi connectivity index (χ2v) is 6.15. The summed E-state index contributed by atoms with van der Waals surface area (Å²) in [6, 6.07) is 6.61. The topological polar surface area (TPSA) is 69.6 Å². The first kappa shape index (κ1) is 12.3. The highest BCUT2D eigenvalue weighted by molar-refractivity contribution is 7.89. The standard InChI is InChI=1S/C11H16N2O3S/c14-11-3-1-10(2-4-11)9-13-7-5-12-6-8-17(13,15)16/h1-4,12,14H,5-9H2. The molecule has 1 heterocycles. The van der Waals surface area contributed by atoms with E-state index in [9.17, 15) is 8.42 Å². The minimum absolute atomic E-state index is 0.144. The lowest BCUT2D eigenvalue weighted by Gasteiger charge is -2.19. The summed E-state index contributed by atoms with van der Waals surface area (Å²) in [4.78, 5) is 0. The summed E-state index contributed by atoms with van der Waals surface area (Å²) in [5, 5.41) is 12.2. The molecule has 5 nitrogen and oxygen atoms in total. The summed E-state index contributed by atoms with van der Waals surface area (Å²) in [6.07, 6.45) is 0. The fraction of sp³-hybridized carbons (Fsp3) is 0.455. The van der Waals surface area contributed by atoms with Crippen molar-refractivity contribution in [1.82, 2.24) is 9.62 Å². The van der Waals surface area contributed by atoms with Crippen LogP contribution in [0.15, 0.2) is 24.3 Å². The predicted octanol–water partition coefficient (Wildman–Crippen LogP) is 0.127. The maximum Gasteiger partial charge on any atom is 0.215 e. The number of nitrogens with zero attached hydrogens (tertiary/aromatic N) is 1. The number of hydrogen-bond donors (Lipinski definition) is 2. The van der Waals surface area contributed by atoms with Crippen molar-refractivity contribution >= 4 is 10.0 Å². The van der Waals surface area contributed by atoms with Crippen LogP contribution >= 0.6 is 0 Å². The van der Waals surface area contributed by atoms with Gasteiger partial charge in [-0.05, 0) is 17.7 Å². The average Bonchev–Trinajstić information content (AvgIpc) is 2.44. The monoisotopic (exact) mass is 256 g/mol. The fourth-order valence-corrected chi connectivity index (χ4v) is 3.16. The number of benzene rings is 1. The first-order valence-electron chi connectivity index (χ1n) is 5.54. The zero-order valence-corrected chi connectivity index (χ0v) is 10.3. The van der Waals surface area contributed by atoms with E-state index >= 15 is 0 Å². The summed E-state index contributed by atoms with van der Waals surface area (Å²) in [7, 11) is -3.16. The van der Waals surface area contributed by atoms with Crippen LogP contribution in [-0.2, 0) is 16.6 Å². The Hall–Kier alpha value is -1.11. The maximum absolute atomic E-state index is 11.9. The van der Waals surface area contributed by atoms with Crippen LogP contribution in [0.3, 0.4) is 0 Å². The van der Waals surface area contributed by atoms with Crippen molar-refractivity contribution < 1.29 is 13.5 Å². The van der Waals surface area contributed by atoms with E-state index < -0.39 is 10.0 Å². The van der Waals surface area contributed by atoms with Gasteiger partial charge < -0.3 is 10.4 Å². The van der Waals surface area contributed by atoms with Crippen LogP contribution in [0.4, 0.5) is 0 Å². The van der Waals surface area contributed by atoms with Gasteiger partial charge in [0.05, 0.1) is 5.75 Å². The van der Waals surface area contributed by atoms with Gasteiger partial charge in [0.2, 0.25) is 10.0 Å². The number of nitrogens with one attached hydrogen (secondary N) is 1. The van der Waals surface area contributed by atoms with Crippen molar-refractivity contribution in [2.24, 2.45) is 0 Å². The van der Waals surface area contributed by atoms with Crippen LogP contribution in [0.5, 0.6) is 5.75 Å². The van der Waals surface area contributed by atoms with Gasteiger partial charge in [-0.25, -0.2) is 8.42 Å². The van der Waals surface area contributed by atoms with Gasteiger partial charge in [0.15, 0.2) is 0 Å². The molecule has 2 rings (SSSR count). The Balaban J connectivity index is 2.13. The zero-order chi connectivity index (χ0) is 12.3. The Bertz CT molecular complexity index is 470. The third-order valence-corrected chi connectivity index (χ3v) is 4.58. The number of sulfonamides is 1. The van der Waals surface area contributed by atoms with E-state index in [0.717, 1.165) is 5.56 Å². The highest BCUT2D eigenvalue weighted by Gasteiger charge is 2.23. The minimum atomic E-state index is -3.16. The minimum Gasteiger partial charge on any atom is -0.508 e. The maximum atomic E-state index is 11.9. The van der Waals surface area contributed by atoms with Crippen LogP contribution in [-0.4, -0.2) is 43.2 Å². The number of aromatic hydroxyl groups is 1. The Morgan fingerprint density at radius 1 is 1.24 bits per heavy atom. The van der Waals surface area contributed by atoms with E-state index in [1.807, 2.05) is 0 Å². The molecule has 0 unspecified atom stereocenters. The smallest absolute Gasteiger partial charge is 0.215 e. The highest BCUT2D eigenvalue weighted by Crippen LogP contribution is 2.14. The van der Waals surface area contributed by atoms with Crippen molar-refractivity contribution in [3.8, 4) is 5.75 Å². The van der Waals surface area contributed by atoms with Crippen molar-refractivity contribution in [3.63, 3.8) is 0 Å². The molecular formula is C11H16N2O3S. The van der Waals surface area contributed by atoms with E-state index in [1.165, 1.54) is 4.31 Å². The normalized spacial score (nSPS) is 20.9. The largest absolute Gasteiger partial charge is 0.508 e. The first-order chi connectivity index (χ1) is 8.08. The molecule has 6 heteroatoms. The molecule has 0 amide bonds. The van der Waals surface area contributed by atoms with Crippen molar-refractivity contribution in [3.05, 3.63) is 29.8 Å². The summed E-state index contributed by atoms with van der Waals surface area (Å²) in [5.41, 5.74) is 0.883. The van der Waals surface area contributed by atoms with Gasteiger partial charge >= 0.3 is 0 Å². The van der Waals surface area contributed by atoms with Gasteiger partial charge in [-0.15, -0.1) is 0 Å². The zero-order valence-electron chi connectivity index (χ0n) is 9.46. The molecule has 0 aromatic heterocycles. The highest BCUT2D eigenvalue weighted by atomic mass is 32.2. The van der Waals surface area contributed by atoms with Gasteiger partial charge in [-0.3, -0.25) is 0 Å². The van der Waals surface area contributed by atoms with Gasteiger partial charge in [0.25, 0.3) is 0 Å². The molecule has 0 bridgehead atoms. The molecular weight excluding hydrogens is 240 g/mol. The van der Waals surface area contributed by atoms with Crippen LogP contribution in [0.1, 0.15) is 5.56 Å². The van der Waals surface area contributed by atoms with Crippen LogP contribution in [0.2, 0.25) is 0 Å². The summed E-state index contributed by atoms with van der Waals surface area (Å²) in [6.45, 7) is 2.04. The Kier molecular flexibility index (Phi) is 3.66. The van der Waals surface area contributed by atoms with Gasteiger partial charge in [-0.1, -0.05) is 12.1 Å². The molecule has 0 saturated carbocycles. The third kappa shape index (κ3) is 3.18. The van der Waals surface area contributed by atoms with Crippen molar-refractivity contribution in [2.75, 3.05) is 25.4 Å². The number of hydrogen-bond acceptors (Lipinski definition) is 4. The molecule has 1 saturated heterocycles. The molecule has 0 atom stereocenters. The molecule has 1 aromatic rings. The first-order valence-corrected chi connectivity index (χ1v) is 7.15. The second-order valence-electron chi connectivity index (χ2n) is 4.07. The molecule has 1 aromatic carbocycles. The van der Waals surface area contributed by atoms with Gasteiger partial charge in [0, 0.05) is 26.2 Å². The Labute approximate surface area is 101 Å². The van der Waals surface area contributed by atoms with E-state index in [0.29, 0.717) is 26.2 Å². The van der Waals surface area contributed by atoms with Crippen LogP contribution in [0.25, 0.3) is 0 Å². The van der Waals surface area contributed by atoms with Gasteiger partial charge in [0.1, 0.15) is 5.75 Å². The van der Waals surface area contributed by atoms with E-state index in [2.05, 4.69) is 5.32 Å². The van der Waals surface area contributed by atoms with E-state index in [-0.39, 0.29) is 11.5 Å². The Morgan fingerprint density at radius 3 is 2.65 bits per heavy atom. The molecule has 1 aliphatic rings. The molecule has 0 radical (unpaired) electrons. The number of phenolic OH excluding ortho intramolecular Hbond substituents is 1. The lowest BCUT2D eigenvalue weighted by atomic mass is 10.2. The average molecular weight is 256 g/mol. The number of phenols is 1. The third-order valence-electron chi connectivity index (χ3n) is 2.76. The molecule has 2 N–H and O–H groups in total. The van der Waals surface area contributed by atoms with Crippen LogP contribution in [0, 0.1) is 0 Å². The Morgan fingerprint density at radius 2 is 1.94 bits per heavy atom. The van der Waals surface area contributed by atoms with Crippen LogP contribution < -0.4 is 5.32 Å². The quantitative estimate of drug-likeness (QED) is 0.789. The SMILES string of the molecule is O=S1(=O)CCNCCN1Cc1ccc(O)cc1. The summed E-state index contributed by atoms with van der Waals surface area (Å²) in [5.74, 6) is 0.333. The molecule has 17 heavy (non-hydrogen) atoms.